The molecule has 0 radical (unpaired) electrons. The summed E-state index contributed by atoms with van der Waals surface area (Å²) in [7, 11) is 0. The van der Waals surface area contributed by atoms with Crippen molar-refractivity contribution >= 4 is 17.1 Å². The Bertz CT molecular complexity index is 502. The van der Waals surface area contributed by atoms with Gasteiger partial charge in [-0.3, -0.25) is 0 Å². The Labute approximate surface area is 107 Å². The van der Waals surface area contributed by atoms with Crippen molar-refractivity contribution in [2.45, 2.75) is 20.8 Å². The highest BCUT2D eigenvalue weighted by Gasteiger charge is 2.19. The summed E-state index contributed by atoms with van der Waals surface area (Å²) in [6, 6.07) is 7.61. The molecule has 0 atom stereocenters. The molecular formula is C14H18FN3. The van der Waals surface area contributed by atoms with Crippen molar-refractivity contribution in [1.29, 1.82) is 0 Å². The number of benzene rings is 1. The third-order valence-electron chi connectivity index (χ3n) is 3.05. The van der Waals surface area contributed by atoms with Gasteiger partial charge in [0.2, 0.25) is 0 Å². The smallest absolute Gasteiger partial charge is 0.184 e. The topological polar surface area (TPSA) is 27.6 Å². The minimum atomic E-state index is -0.282. The predicted octanol–water partition coefficient (Wildman–Crippen LogP) is 3.68. The highest BCUT2D eigenvalue weighted by molar-refractivity contribution is 6.01. The number of halogens is 1. The van der Waals surface area contributed by atoms with Crippen LogP contribution in [0.2, 0.25) is 0 Å². The van der Waals surface area contributed by atoms with Crippen LogP contribution in [0.1, 0.15) is 20.8 Å². The number of fused-ring (bicyclic) bond motifs is 1. The summed E-state index contributed by atoms with van der Waals surface area (Å²) in [6.07, 6.45) is 0. The van der Waals surface area contributed by atoms with E-state index < -0.39 is 0 Å². The van der Waals surface area contributed by atoms with Crippen LogP contribution in [0.25, 0.3) is 0 Å². The van der Waals surface area contributed by atoms with E-state index in [2.05, 4.69) is 10.3 Å². The lowest BCUT2D eigenvalue weighted by Gasteiger charge is -2.25. The van der Waals surface area contributed by atoms with Crippen molar-refractivity contribution in [1.82, 2.24) is 4.90 Å². The van der Waals surface area contributed by atoms with E-state index in [4.69, 9.17) is 0 Å². The molecule has 1 aromatic carbocycles. The first-order valence-corrected chi connectivity index (χ1v) is 6.23. The van der Waals surface area contributed by atoms with Crippen LogP contribution in [0, 0.1) is 0 Å². The number of hydrogen-bond acceptors (Lipinski definition) is 3. The van der Waals surface area contributed by atoms with Crippen LogP contribution in [-0.2, 0) is 0 Å². The molecule has 4 heteroatoms. The number of anilines is 1. The Hall–Kier alpha value is -1.84. The highest BCUT2D eigenvalue weighted by Crippen LogP contribution is 2.31. The summed E-state index contributed by atoms with van der Waals surface area (Å²) in [5, 5.41) is 3.16. The zero-order valence-electron chi connectivity index (χ0n) is 11.0. The standard InChI is InChI=1S/C14H18FN3/c1-4-18(5-2)14-13(15)10(3)16-11-8-6-7-9-12(11)17-14/h6-9,17H,4-5H2,1-3H3. The van der Waals surface area contributed by atoms with Gasteiger partial charge in [-0.15, -0.1) is 0 Å². The van der Waals surface area contributed by atoms with Gasteiger partial charge in [0.15, 0.2) is 5.83 Å². The van der Waals surface area contributed by atoms with Crippen molar-refractivity contribution in [3.05, 3.63) is 35.9 Å². The SMILES string of the molecule is CCN(CC)C1=C(F)C(C)=Nc2ccccc2N1. The molecule has 1 heterocycles. The molecule has 1 aliphatic rings. The van der Waals surface area contributed by atoms with Gasteiger partial charge in [-0.1, -0.05) is 12.1 Å². The molecule has 0 amide bonds. The first-order valence-electron chi connectivity index (χ1n) is 6.23. The number of rotatable bonds is 3. The van der Waals surface area contributed by atoms with Crippen molar-refractivity contribution in [2.75, 3.05) is 18.4 Å². The van der Waals surface area contributed by atoms with Crippen LogP contribution < -0.4 is 5.32 Å². The van der Waals surface area contributed by atoms with Gasteiger partial charge in [-0.25, -0.2) is 9.38 Å². The minimum absolute atomic E-state index is 0.282. The second-order valence-electron chi connectivity index (χ2n) is 4.17. The second kappa shape index (κ2) is 5.21. The van der Waals surface area contributed by atoms with E-state index in [0.717, 1.165) is 24.5 Å². The molecule has 0 aromatic heterocycles. The molecule has 3 nitrogen and oxygen atoms in total. The van der Waals surface area contributed by atoms with Gasteiger partial charge >= 0.3 is 0 Å². The van der Waals surface area contributed by atoms with Crippen LogP contribution in [0.3, 0.4) is 0 Å². The van der Waals surface area contributed by atoms with E-state index in [0.29, 0.717) is 11.5 Å². The maximum Gasteiger partial charge on any atom is 0.184 e. The first kappa shape index (κ1) is 12.6. The summed E-state index contributed by atoms with van der Waals surface area (Å²) in [4.78, 5) is 6.27. The molecule has 1 N–H and O–H groups in total. The molecule has 0 bridgehead atoms. The summed E-state index contributed by atoms with van der Waals surface area (Å²) < 4.78 is 14.3. The highest BCUT2D eigenvalue weighted by atomic mass is 19.1. The van der Waals surface area contributed by atoms with Crippen LogP contribution in [0.15, 0.2) is 40.9 Å². The fourth-order valence-corrected chi connectivity index (χ4v) is 2.02. The van der Waals surface area contributed by atoms with E-state index in [1.807, 2.05) is 43.0 Å². The molecule has 96 valence electrons. The number of nitrogens with one attached hydrogen (secondary N) is 1. The zero-order valence-corrected chi connectivity index (χ0v) is 11.0. The molecule has 0 spiro atoms. The average Bonchev–Trinajstić information content (AvgIpc) is 2.51. The van der Waals surface area contributed by atoms with Crippen molar-refractivity contribution in [3.8, 4) is 0 Å². The normalized spacial score (nSPS) is 14.6. The Kier molecular flexibility index (Phi) is 3.65. The van der Waals surface area contributed by atoms with Crippen molar-refractivity contribution in [3.63, 3.8) is 0 Å². The van der Waals surface area contributed by atoms with E-state index in [1.54, 1.807) is 6.92 Å². The molecule has 0 saturated carbocycles. The Morgan fingerprint density at radius 3 is 2.56 bits per heavy atom. The number of allylic oxidation sites excluding steroid dienone is 1. The van der Waals surface area contributed by atoms with Gasteiger partial charge in [-0.2, -0.15) is 0 Å². The predicted molar refractivity (Wildman–Crippen MR) is 73.9 cm³/mol. The summed E-state index contributed by atoms with van der Waals surface area (Å²) in [5.74, 6) is 0.223. The summed E-state index contributed by atoms with van der Waals surface area (Å²) in [5.41, 5.74) is 2.02. The number of aliphatic imine (C=N–C) groups is 1. The second-order valence-corrected chi connectivity index (χ2v) is 4.17. The number of para-hydroxylation sites is 2. The molecule has 2 rings (SSSR count). The van der Waals surface area contributed by atoms with Gasteiger partial charge in [0.05, 0.1) is 17.1 Å². The lowest BCUT2D eigenvalue weighted by molar-refractivity contribution is 0.374. The molecule has 0 fully saturated rings. The van der Waals surface area contributed by atoms with Gasteiger partial charge < -0.3 is 10.2 Å². The van der Waals surface area contributed by atoms with Crippen LogP contribution in [0.4, 0.5) is 15.8 Å². The lowest BCUT2D eigenvalue weighted by Crippen LogP contribution is -2.28. The Balaban J connectivity index is 2.49. The summed E-state index contributed by atoms with van der Waals surface area (Å²) in [6.45, 7) is 7.22. The zero-order chi connectivity index (χ0) is 13.1. The van der Waals surface area contributed by atoms with Gasteiger partial charge in [-0.05, 0) is 32.9 Å². The van der Waals surface area contributed by atoms with E-state index in [1.165, 1.54) is 0 Å². The van der Waals surface area contributed by atoms with Gasteiger partial charge in [0.25, 0.3) is 0 Å². The number of hydrogen-bond donors (Lipinski definition) is 1. The molecule has 0 aliphatic carbocycles. The maximum atomic E-state index is 14.3. The monoisotopic (exact) mass is 247 g/mol. The molecule has 1 aromatic rings. The maximum absolute atomic E-state index is 14.3. The van der Waals surface area contributed by atoms with E-state index in [9.17, 15) is 4.39 Å². The Morgan fingerprint density at radius 1 is 1.22 bits per heavy atom. The van der Waals surface area contributed by atoms with Crippen LogP contribution >= 0.6 is 0 Å². The Morgan fingerprint density at radius 2 is 1.89 bits per heavy atom. The minimum Gasteiger partial charge on any atom is -0.356 e. The summed E-state index contributed by atoms with van der Waals surface area (Å²) >= 11 is 0. The van der Waals surface area contributed by atoms with Gasteiger partial charge in [0.1, 0.15) is 5.82 Å². The van der Waals surface area contributed by atoms with Crippen molar-refractivity contribution < 1.29 is 4.39 Å². The largest absolute Gasteiger partial charge is 0.356 e. The first-order chi connectivity index (χ1) is 8.67. The molecular weight excluding hydrogens is 229 g/mol. The lowest BCUT2D eigenvalue weighted by atomic mass is 10.2. The van der Waals surface area contributed by atoms with E-state index >= 15 is 0 Å². The average molecular weight is 247 g/mol. The van der Waals surface area contributed by atoms with Gasteiger partial charge in [0, 0.05) is 13.1 Å². The molecule has 18 heavy (non-hydrogen) atoms. The third kappa shape index (κ3) is 2.23. The van der Waals surface area contributed by atoms with Crippen LogP contribution in [0.5, 0.6) is 0 Å². The van der Waals surface area contributed by atoms with Crippen LogP contribution in [-0.4, -0.2) is 23.7 Å². The molecule has 0 saturated heterocycles. The fraction of sp³-hybridized carbons (Fsp3) is 0.357. The quantitative estimate of drug-likeness (QED) is 0.882. The number of nitrogens with zero attached hydrogens (tertiary/aromatic N) is 2. The van der Waals surface area contributed by atoms with Crippen molar-refractivity contribution in [2.24, 2.45) is 4.99 Å². The molecule has 0 unspecified atom stereocenters. The fourth-order valence-electron chi connectivity index (χ4n) is 2.02. The molecule has 1 aliphatic heterocycles. The van der Waals surface area contributed by atoms with E-state index in [-0.39, 0.29) is 5.83 Å². The third-order valence-corrected chi connectivity index (χ3v) is 3.05.